The molecule has 3 aromatic carbocycles. The fraction of sp³-hybridized carbons (Fsp3) is 0.296. The maximum atomic E-state index is 5.53. The molecule has 0 radical (unpaired) electrons. The highest BCUT2D eigenvalue weighted by molar-refractivity contribution is 6.13. The first-order chi connectivity index (χ1) is 17.3. The summed E-state index contributed by atoms with van der Waals surface area (Å²) < 4.78 is 11.0. The number of morpholine rings is 2. The zero-order valence-electron chi connectivity index (χ0n) is 19.6. The van der Waals surface area contributed by atoms with Crippen LogP contribution in [-0.4, -0.2) is 68.8 Å². The molecule has 0 aliphatic carbocycles. The monoisotopic (exact) mass is 468 g/mol. The number of rotatable bonds is 5. The van der Waals surface area contributed by atoms with Gasteiger partial charge in [0.1, 0.15) is 5.82 Å². The van der Waals surface area contributed by atoms with Gasteiger partial charge < -0.3 is 19.3 Å². The average Bonchev–Trinajstić information content (AvgIpc) is 2.93. The number of hydrazone groups is 1. The van der Waals surface area contributed by atoms with Crippen LogP contribution in [-0.2, 0) is 9.47 Å². The highest BCUT2D eigenvalue weighted by Gasteiger charge is 2.19. The fourth-order valence-corrected chi connectivity index (χ4v) is 4.69. The molecule has 2 saturated heterocycles. The smallest absolute Gasteiger partial charge is 0.229 e. The number of hydrogen-bond acceptors (Lipinski definition) is 8. The maximum Gasteiger partial charge on any atom is 0.229 e. The van der Waals surface area contributed by atoms with Gasteiger partial charge in [0, 0.05) is 37.8 Å². The van der Waals surface area contributed by atoms with Gasteiger partial charge in [-0.05, 0) is 27.6 Å². The molecule has 178 valence electrons. The van der Waals surface area contributed by atoms with Crippen LogP contribution in [0.2, 0.25) is 0 Å². The predicted molar refractivity (Wildman–Crippen MR) is 141 cm³/mol. The van der Waals surface area contributed by atoms with Crippen molar-refractivity contribution >= 4 is 45.3 Å². The van der Waals surface area contributed by atoms with E-state index in [-0.39, 0.29) is 0 Å². The molecule has 2 aliphatic rings. The molecule has 1 aromatic heterocycles. The van der Waals surface area contributed by atoms with Crippen LogP contribution >= 0.6 is 0 Å². The SMILES string of the molecule is C(=NNc1cc(N2CCOCC2)nc(N2CCOCC2)n1)c1c2ccccc2cc2ccccc12. The zero-order chi connectivity index (χ0) is 23.5. The summed E-state index contributed by atoms with van der Waals surface area (Å²) in [7, 11) is 0. The Labute approximate surface area is 204 Å². The Morgan fingerprint density at radius 3 is 2.00 bits per heavy atom. The van der Waals surface area contributed by atoms with Crippen LogP contribution in [0, 0.1) is 0 Å². The van der Waals surface area contributed by atoms with Crippen LogP contribution in [0.4, 0.5) is 17.6 Å². The largest absolute Gasteiger partial charge is 0.378 e. The topological polar surface area (TPSA) is 75.1 Å². The standard InChI is InChI=1S/C27H28N6O2/c1-3-7-22-20(5-1)17-21-6-2-4-8-23(21)24(22)19-28-31-25-18-26(32-9-13-34-14-10-32)30-27(29-25)33-11-15-35-16-12-33/h1-8,17-19H,9-16H2,(H,29,30,31). The molecule has 0 unspecified atom stereocenters. The van der Waals surface area contributed by atoms with E-state index in [0.717, 1.165) is 37.6 Å². The Morgan fingerprint density at radius 1 is 0.743 bits per heavy atom. The van der Waals surface area contributed by atoms with E-state index < -0.39 is 0 Å². The molecule has 4 aromatic rings. The highest BCUT2D eigenvalue weighted by Crippen LogP contribution is 2.27. The van der Waals surface area contributed by atoms with E-state index in [2.05, 4.69) is 74.9 Å². The van der Waals surface area contributed by atoms with Crippen molar-refractivity contribution in [1.82, 2.24) is 9.97 Å². The van der Waals surface area contributed by atoms with Crippen LogP contribution < -0.4 is 15.2 Å². The zero-order valence-corrected chi connectivity index (χ0v) is 19.6. The van der Waals surface area contributed by atoms with Gasteiger partial charge in [0.05, 0.1) is 32.6 Å². The molecule has 0 atom stereocenters. The van der Waals surface area contributed by atoms with Crippen molar-refractivity contribution in [3.05, 3.63) is 66.2 Å². The molecular weight excluding hydrogens is 440 g/mol. The van der Waals surface area contributed by atoms with E-state index >= 15 is 0 Å². The molecule has 35 heavy (non-hydrogen) atoms. The molecule has 0 spiro atoms. The molecule has 0 bridgehead atoms. The van der Waals surface area contributed by atoms with Crippen molar-refractivity contribution in [2.45, 2.75) is 0 Å². The molecule has 2 aliphatic heterocycles. The lowest BCUT2D eigenvalue weighted by Crippen LogP contribution is -2.39. The Balaban J connectivity index is 1.34. The van der Waals surface area contributed by atoms with Crippen LogP contribution in [0.1, 0.15) is 5.56 Å². The summed E-state index contributed by atoms with van der Waals surface area (Å²) in [5.74, 6) is 2.26. The van der Waals surface area contributed by atoms with Gasteiger partial charge in [-0.15, -0.1) is 0 Å². The minimum Gasteiger partial charge on any atom is -0.378 e. The molecule has 0 saturated carbocycles. The van der Waals surface area contributed by atoms with E-state index in [1.807, 2.05) is 12.3 Å². The number of nitrogens with zero attached hydrogens (tertiary/aromatic N) is 5. The quantitative estimate of drug-likeness (QED) is 0.270. The van der Waals surface area contributed by atoms with Crippen LogP contribution in [0.5, 0.6) is 0 Å². The van der Waals surface area contributed by atoms with Crippen molar-refractivity contribution in [2.24, 2.45) is 5.10 Å². The van der Waals surface area contributed by atoms with Crippen molar-refractivity contribution < 1.29 is 9.47 Å². The van der Waals surface area contributed by atoms with Gasteiger partial charge in [0.15, 0.2) is 5.82 Å². The molecule has 8 nitrogen and oxygen atoms in total. The highest BCUT2D eigenvalue weighted by atomic mass is 16.5. The van der Waals surface area contributed by atoms with Crippen LogP contribution in [0.3, 0.4) is 0 Å². The van der Waals surface area contributed by atoms with Crippen molar-refractivity contribution in [3.8, 4) is 0 Å². The number of fused-ring (bicyclic) bond motifs is 2. The Kier molecular flexibility index (Phi) is 6.13. The first kappa shape index (κ1) is 21.8. The number of ether oxygens (including phenoxy) is 2. The third-order valence-corrected chi connectivity index (χ3v) is 6.52. The lowest BCUT2D eigenvalue weighted by atomic mass is 9.97. The van der Waals surface area contributed by atoms with Gasteiger partial charge in [-0.1, -0.05) is 48.5 Å². The van der Waals surface area contributed by atoms with Gasteiger partial charge in [-0.3, -0.25) is 5.43 Å². The maximum absolute atomic E-state index is 5.53. The molecule has 8 heteroatoms. The number of aromatic nitrogens is 2. The van der Waals surface area contributed by atoms with E-state index in [4.69, 9.17) is 19.4 Å². The third-order valence-electron chi connectivity index (χ3n) is 6.52. The Bertz CT molecular complexity index is 1270. The van der Waals surface area contributed by atoms with Gasteiger partial charge in [0.25, 0.3) is 0 Å². The Hall–Kier alpha value is -3.75. The average molecular weight is 469 g/mol. The predicted octanol–water partition coefficient (Wildman–Crippen LogP) is 3.90. The van der Waals surface area contributed by atoms with Crippen molar-refractivity contribution in [1.29, 1.82) is 0 Å². The number of nitrogens with one attached hydrogen (secondary N) is 1. The van der Waals surface area contributed by atoms with E-state index in [0.29, 0.717) is 38.2 Å². The Morgan fingerprint density at radius 2 is 1.34 bits per heavy atom. The summed E-state index contributed by atoms with van der Waals surface area (Å²) >= 11 is 0. The van der Waals surface area contributed by atoms with Crippen molar-refractivity contribution in [3.63, 3.8) is 0 Å². The first-order valence-corrected chi connectivity index (χ1v) is 12.1. The van der Waals surface area contributed by atoms with Gasteiger partial charge in [-0.2, -0.15) is 15.1 Å². The van der Waals surface area contributed by atoms with E-state index in [1.165, 1.54) is 21.5 Å². The molecule has 0 amide bonds. The lowest BCUT2D eigenvalue weighted by molar-refractivity contribution is 0.121. The number of anilines is 3. The summed E-state index contributed by atoms with van der Waals surface area (Å²) in [6.07, 6.45) is 1.90. The third kappa shape index (κ3) is 4.62. The summed E-state index contributed by atoms with van der Waals surface area (Å²) in [6.45, 7) is 5.93. The molecule has 2 fully saturated rings. The molecule has 6 rings (SSSR count). The van der Waals surface area contributed by atoms with Gasteiger partial charge in [-0.25, -0.2) is 0 Å². The summed E-state index contributed by atoms with van der Waals surface area (Å²) in [5.41, 5.74) is 4.27. The molecule has 1 N–H and O–H groups in total. The van der Waals surface area contributed by atoms with Crippen LogP contribution in [0.25, 0.3) is 21.5 Å². The molecular formula is C27H28N6O2. The van der Waals surface area contributed by atoms with E-state index in [9.17, 15) is 0 Å². The van der Waals surface area contributed by atoms with E-state index in [1.54, 1.807) is 0 Å². The lowest BCUT2D eigenvalue weighted by Gasteiger charge is -2.31. The second-order valence-electron chi connectivity index (χ2n) is 8.71. The molecule has 3 heterocycles. The minimum atomic E-state index is 0.670. The fourth-order valence-electron chi connectivity index (χ4n) is 4.69. The van der Waals surface area contributed by atoms with Gasteiger partial charge in [0.2, 0.25) is 5.95 Å². The first-order valence-electron chi connectivity index (χ1n) is 12.1. The summed E-state index contributed by atoms with van der Waals surface area (Å²) in [4.78, 5) is 14.1. The number of hydrogen-bond donors (Lipinski definition) is 1. The summed E-state index contributed by atoms with van der Waals surface area (Å²) in [6, 6.07) is 21.0. The minimum absolute atomic E-state index is 0.670. The normalized spacial score (nSPS) is 16.9. The van der Waals surface area contributed by atoms with Gasteiger partial charge >= 0.3 is 0 Å². The summed E-state index contributed by atoms with van der Waals surface area (Å²) in [5, 5.41) is 9.36. The second kappa shape index (κ2) is 9.85. The van der Waals surface area contributed by atoms with Crippen molar-refractivity contribution in [2.75, 3.05) is 67.8 Å². The second-order valence-corrected chi connectivity index (χ2v) is 8.71. The number of benzene rings is 3. The van der Waals surface area contributed by atoms with Crippen LogP contribution in [0.15, 0.2) is 65.8 Å².